The van der Waals surface area contributed by atoms with Gasteiger partial charge in [0.25, 0.3) is 0 Å². The largest absolute Gasteiger partial charge is 0.341 e. The van der Waals surface area contributed by atoms with Crippen molar-refractivity contribution in [2.24, 2.45) is 5.73 Å². The molecule has 1 heterocycles. The summed E-state index contributed by atoms with van der Waals surface area (Å²) < 4.78 is 0. The molecule has 3 heteroatoms. The lowest BCUT2D eigenvalue weighted by atomic mass is 10.0. The lowest BCUT2D eigenvalue weighted by Gasteiger charge is -2.29. The first-order chi connectivity index (χ1) is 8.66. The van der Waals surface area contributed by atoms with Gasteiger partial charge in [0.15, 0.2) is 0 Å². The van der Waals surface area contributed by atoms with E-state index in [9.17, 15) is 4.79 Å². The van der Waals surface area contributed by atoms with Gasteiger partial charge in [0.1, 0.15) is 0 Å². The number of piperidine rings is 1. The molecule has 0 saturated carbocycles. The molecule has 0 spiro atoms. The van der Waals surface area contributed by atoms with E-state index in [0.29, 0.717) is 6.42 Å². The summed E-state index contributed by atoms with van der Waals surface area (Å²) in [5, 5.41) is 0. The van der Waals surface area contributed by atoms with Crippen LogP contribution in [0.1, 0.15) is 30.4 Å². The summed E-state index contributed by atoms with van der Waals surface area (Å²) >= 11 is 0. The quantitative estimate of drug-likeness (QED) is 0.885. The molecular formula is C15H22N2O. The Morgan fingerprint density at radius 1 is 1.22 bits per heavy atom. The predicted molar refractivity (Wildman–Crippen MR) is 73.3 cm³/mol. The van der Waals surface area contributed by atoms with E-state index < -0.39 is 6.04 Å². The summed E-state index contributed by atoms with van der Waals surface area (Å²) in [5.74, 6) is 0.107. The van der Waals surface area contributed by atoms with Crippen LogP contribution in [0, 0.1) is 6.92 Å². The fraction of sp³-hybridized carbons (Fsp3) is 0.533. The molecule has 1 amide bonds. The zero-order valence-corrected chi connectivity index (χ0v) is 11.1. The number of likely N-dealkylation sites (tertiary alicyclic amines) is 1. The van der Waals surface area contributed by atoms with Crippen LogP contribution in [0.3, 0.4) is 0 Å². The average molecular weight is 246 g/mol. The minimum Gasteiger partial charge on any atom is -0.341 e. The second kappa shape index (κ2) is 6.01. The van der Waals surface area contributed by atoms with Crippen LogP contribution in [-0.2, 0) is 11.2 Å². The molecule has 98 valence electrons. The molecule has 1 saturated heterocycles. The third-order valence-corrected chi connectivity index (χ3v) is 3.56. The summed E-state index contributed by atoms with van der Waals surface area (Å²) in [6.07, 6.45) is 4.10. The van der Waals surface area contributed by atoms with Crippen LogP contribution in [0.4, 0.5) is 0 Å². The Kier molecular flexibility index (Phi) is 4.37. The number of amides is 1. The van der Waals surface area contributed by atoms with Gasteiger partial charge in [-0.25, -0.2) is 0 Å². The highest BCUT2D eigenvalue weighted by atomic mass is 16.2. The maximum Gasteiger partial charge on any atom is 0.239 e. The first kappa shape index (κ1) is 13.1. The van der Waals surface area contributed by atoms with Crippen molar-refractivity contribution >= 4 is 5.91 Å². The van der Waals surface area contributed by atoms with E-state index in [1.165, 1.54) is 12.0 Å². The smallest absolute Gasteiger partial charge is 0.239 e. The van der Waals surface area contributed by atoms with Gasteiger partial charge in [0.05, 0.1) is 6.04 Å². The number of nitrogens with two attached hydrogens (primary N) is 1. The van der Waals surface area contributed by atoms with Crippen molar-refractivity contribution in [2.45, 2.75) is 38.6 Å². The van der Waals surface area contributed by atoms with Crippen molar-refractivity contribution in [1.29, 1.82) is 0 Å². The first-order valence-electron chi connectivity index (χ1n) is 6.77. The first-order valence-corrected chi connectivity index (χ1v) is 6.77. The molecule has 1 atom stereocenters. The normalized spacial score (nSPS) is 17.6. The average Bonchev–Trinajstić information content (AvgIpc) is 2.41. The van der Waals surface area contributed by atoms with Crippen LogP contribution in [-0.4, -0.2) is 29.9 Å². The van der Waals surface area contributed by atoms with Crippen molar-refractivity contribution in [3.05, 3.63) is 35.4 Å². The third-order valence-electron chi connectivity index (χ3n) is 3.56. The van der Waals surface area contributed by atoms with Gasteiger partial charge in [-0.15, -0.1) is 0 Å². The van der Waals surface area contributed by atoms with Crippen molar-refractivity contribution in [2.75, 3.05) is 13.1 Å². The predicted octanol–water partition coefficient (Wildman–Crippen LogP) is 1.88. The van der Waals surface area contributed by atoms with Crippen LogP contribution >= 0.6 is 0 Å². The zero-order valence-electron chi connectivity index (χ0n) is 11.1. The lowest BCUT2D eigenvalue weighted by molar-refractivity contribution is -0.133. The monoisotopic (exact) mass is 246 g/mol. The van der Waals surface area contributed by atoms with Crippen molar-refractivity contribution in [1.82, 2.24) is 4.90 Å². The second-order valence-electron chi connectivity index (χ2n) is 5.18. The standard InChI is InChI=1S/C15H22N2O/c1-12-5-7-13(8-6-12)11-14(16)15(18)17-9-3-2-4-10-17/h5-8,14H,2-4,9-11,16H2,1H3/t14-/m0/s1. The highest BCUT2D eigenvalue weighted by Gasteiger charge is 2.22. The highest BCUT2D eigenvalue weighted by molar-refractivity contribution is 5.82. The van der Waals surface area contributed by atoms with Gasteiger partial charge in [-0.2, -0.15) is 0 Å². The fourth-order valence-corrected chi connectivity index (χ4v) is 2.41. The molecule has 0 bridgehead atoms. The number of hydrogen-bond donors (Lipinski definition) is 1. The highest BCUT2D eigenvalue weighted by Crippen LogP contribution is 2.12. The number of carbonyl (C=O) groups is 1. The Hall–Kier alpha value is -1.35. The zero-order chi connectivity index (χ0) is 13.0. The van der Waals surface area contributed by atoms with Gasteiger partial charge in [-0.1, -0.05) is 29.8 Å². The molecule has 0 unspecified atom stereocenters. The Labute approximate surface area is 109 Å². The van der Waals surface area contributed by atoms with Gasteiger partial charge in [-0.05, 0) is 38.2 Å². The molecule has 2 rings (SSSR count). The van der Waals surface area contributed by atoms with Crippen LogP contribution in [0.15, 0.2) is 24.3 Å². The molecule has 2 N–H and O–H groups in total. The van der Waals surface area contributed by atoms with Gasteiger partial charge >= 0.3 is 0 Å². The molecule has 0 aromatic heterocycles. The number of rotatable bonds is 3. The molecule has 0 aliphatic carbocycles. The summed E-state index contributed by atoms with van der Waals surface area (Å²) in [7, 11) is 0. The van der Waals surface area contributed by atoms with Crippen LogP contribution < -0.4 is 5.73 Å². The van der Waals surface area contributed by atoms with E-state index in [2.05, 4.69) is 31.2 Å². The molecule has 3 nitrogen and oxygen atoms in total. The Balaban J connectivity index is 1.92. The van der Waals surface area contributed by atoms with Crippen molar-refractivity contribution in [3.63, 3.8) is 0 Å². The van der Waals surface area contributed by atoms with E-state index in [-0.39, 0.29) is 5.91 Å². The molecule has 1 aromatic rings. The Morgan fingerprint density at radius 2 is 1.83 bits per heavy atom. The van der Waals surface area contributed by atoms with Gasteiger partial charge in [-0.3, -0.25) is 4.79 Å². The summed E-state index contributed by atoms with van der Waals surface area (Å²) in [4.78, 5) is 14.1. The Bertz CT molecular complexity index is 393. The lowest BCUT2D eigenvalue weighted by Crippen LogP contribution is -2.46. The minimum absolute atomic E-state index is 0.107. The van der Waals surface area contributed by atoms with E-state index in [1.807, 2.05) is 4.90 Å². The van der Waals surface area contributed by atoms with E-state index in [0.717, 1.165) is 31.5 Å². The van der Waals surface area contributed by atoms with E-state index in [1.54, 1.807) is 0 Å². The number of carbonyl (C=O) groups excluding carboxylic acids is 1. The van der Waals surface area contributed by atoms with Gasteiger partial charge < -0.3 is 10.6 Å². The number of nitrogens with zero attached hydrogens (tertiary/aromatic N) is 1. The van der Waals surface area contributed by atoms with Crippen molar-refractivity contribution < 1.29 is 4.79 Å². The minimum atomic E-state index is -0.397. The SMILES string of the molecule is Cc1ccc(C[C@H](N)C(=O)N2CCCCC2)cc1. The summed E-state index contributed by atoms with van der Waals surface area (Å²) in [6, 6.07) is 7.84. The van der Waals surface area contributed by atoms with Crippen molar-refractivity contribution in [3.8, 4) is 0 Å². The molecule has 1 aliphatic rings. The molecule has 1 aliphatic heterocycles. The third kappa shape index (κ3) is 3.33. The van der Waals surface area contributed by atoms with Gasteiger partial charge in [0.2, 0.25) is 5.91 Å². The maximum atomic E-state index is 12.2. The van der Waals surface area contributed by atoms with Crippen LogP contribution in [0.25, 0.3) is 0 Å². The number of aryl methyl sites for hydroxylation is 1. The topological polar surface area (TPSA) is 46.3 Å². The molecule has 0 radical (unpaired) electrons. The van der Waals surface area contributed by atoms with Gasteiger partial charge in [0, 0.05) is 13.1 Å². The van der Waals surface area contributed by atoms with E-state index in [4.69, 9.17) is 5.73 Å². The molecule has 1 fully saturated rings. The second-order valence-corrected chi connectivity index (χ2v) is 5.18. The molecule has 1 aromatic carbocycles. The summed E-state index contributed by atoms with van der Waals surface area (Å²) in [6.45, 7) is 3.81. The van der Waals surface area contributed by atoms with Crippen LogP contribution in [0.5, 0.6) is 0 Å². The molecular weight excluding hydrogens is 224 g/mol. The Morgan fingerprint density at radius 3 is 2.44 bits per heavy atom. The fourth-order valence-electron chi connectivity index (χ4n) is 2.41. The van der Waals surface area contributed by atoms with E-state index >= 15 is 0 Å². The van der Waals surface area contributed by atoms with Crippen LogP contribution in [0.2, 0.25) is 0 Å². The summed E-state index contributed by atoms with van der Waals surface area (Å²) in [5.41, 5.74) is 8.40. The molecule has 18 heavy (non-hydrogen) atoms. The number of hydrogen-bond acceptors (Lipinski definition) is 2. The number of benzene rings is 1. The maximum absolute atomic E-state index is 12.2.